The lowest BCUT2D eigenvalue weighted by Crippen LogP contribution is -2.26. The molecule has 0 aliphatic carbocycles. The summed E-state index contributed by atoms with van der Waals surface area (Å²) in [5.41, 5.74) is 5.37. The molecule has 1 aromatic carbocycles. The third-order valence-corrected chi connectivity index (χ3v) is 5.05. The van der Waals surface area contributed by atoms with Gasteiger partial charge in [-0.15, -0.1) is 0 Å². The molecule has 0 radical (unpaired) electrons. The number of rotatable bonds is 4. The van der Waals surface area contributed by atoms with Gasteiger partial charge in [-0.1, -0.05) is 25.1 Å². The van der Waals surface area contributed by atoms with Crippen LogP contribution in [0.25, 0.3) is 11.3 Å². The van der Waals surface area contributed by atoms with Crippen molar-refractivity contribution in [3.8, 4) is 11.3 Å². The maximum Gasteiger partial charge on any atom is 0.227 e. The second-order valence-corrected chi connectivity index (χ2v) is 6.77. The SMILES string of the molecule is CCc1cccc(C)c1N1CC(c2ncc(-c3cccnc3)[nH]2)CC1=O. The number of carbonyl (C=O) groups is 1. The van der Waals surface area contributed by atoms with E-state index < -0.39 is 0 Å². The van der Waals surface area contributed by atoms with Gasteiger partial charge in [0, 0.05) is 42.5 Å². The average molecular weight is 346 g/mol. The molecule has 132 valence electrons. The second-order valence-electron chi connectivity index (χ2n) is 6.77. The first-order chi connectivity index (χ1) is 12.7. The summed E-state index contributed by atoms with van der Waals surface area (Å²) in [4.78, 5) is 26.7. The number of amides is 1. The van der Waals surface area contributed by atoms with Crippen LogP contribution in [0.4, 0.5) is 5.69 Å². The minimum Gasteiger partial charge on any atom is -0.342 e. The van der Waals surface area contributed by atoms with Crippen LogP contribution in [0.5, 0.6) is 0 Å². The van der Waals surface area contributed by atoms with Gasteiger partial charge in [-0.05, 0) is 36.6 Å². The van der Waals surface area contributed by atoms with Crippen molar-refractivity contribution in [1.82, 2.24) is 15.0 Å². The van der Waals surface area contributed by atoms with E-state index in [2.05, 4.69) is 47.0 Å². The molecule has 1 amide bonds. The number of H-pyrrole nitrogens is 1. The van der Waals surface area contributed by atoms with Crippen molar-refractivity contribution in [2.45, 2.75) is 32.6 Å². The minimum atomic E-state index is 0.0808. The first-order valence-electron chi connectivity index (χ1n) is 9.01. The van der Waals surface area contributed by atoms with E-state index in [4.69, 9.17) is 0 Å². The fraction of sp³-hybridized carbons (Fsp3) is 0.286. The van der Waals surface area contributed by atoms with E-state index in [-0.39, 0.29) is 11.8 Å². The van der Waals surface area contributed by atoms with E-state index in [0.29, 0.717) is 13.0 Å². The molecule has 1 aliphatic heterocycles. The molecular weight excluding hydrogens is 324 g/mol. The third kappa shape index (κ3) is 2.90. The Morgan fingerprint density at radius 3 is 2.88 bits per heavy atom. The highest BCUT2D eigenvalue weighted by Gasteiger charge is 2.34. The van der Waals surface area contributed by atoms with Crippen molar-refractivity contribution >= 4 is 11.6 Å². The van der Waals surface area contributed by atoms with Crippen LogP contribution in [0.3, 0.4) is 0 Å². The van der Waals surface area contributed by atoms with Gasteiger partial charge in [0.2, 0.25) is 5.91 Å². The lowest BCUT2D eigenvalue weighted by molar-refractivity contribution is -0.117. The van der Waals surface area contributed by atoms with Crippen LogP contribution in [0.15, 0.2) is 48.9 Å². The Hall–Kier alpha value is -2.95. The average Bonchev–Trinajstić information content (AvgIpc) is 3.29. The van der Waals surface area contributed by atoms with Gasteiger partial charge in [0.1, 0.15) is 5.82 Å². The lowest BCUT2D eigenvalue weighted by Gasteiger charge is -2.22. The molecule has 26 heavy (non-hydrogen) atoms. The van der Waals surface area contributed by atoms with Gasteiger partial charge >= 0.3 is 0 Å². The fourth-order valence-electron chi connectivity index (χ4n) is 3.71. The Balaban J connectivity index is 1.61. The van der Waals surface area contributed by atoms with E-state index in [1.54, 1.807) is 6.20 Å². The van der Waals surface area contributed by atoms with E-state index in [0.717, 1.165) is 34.8 Å². The fourth-order valence-corrected chi connectivity index (χ4v) is 3.71. The Labute approximate surface area is 153 Å². The molecule has 4 rings (SSSR count). The number of benzene rings is 1. The van der Waals surface area contributed by atoms with E-state index in [9.17, 15) is 4.79 Å². The molecular formula is C21H22N4O. The van der Waals surface area contributed by atoms with Crippen molar-refractivity contribution in [3.05, 3.63) is 65.9 Å². The molecule has 1 aliphatic rings. The summed E-state index contributed by atoms with van der Waals surface area (Å²) in [6.45, 7) is 4.86. The zero-order chi connectivity index (χ0) is 18.1. The molecule has 2 aromatic heterocycles. The van der Waals surface area contributed by atoms with Crippen LogP contribution in [0.2, 0.25) is 0 Å². The summed E-state index contributed by atoms with van der Waals surface area (Å²) in [6, 6.07) is 10.1. The third-order valence-electron chi connectivity index (χ3n) is 5.05. The first kappa shape index (κ1) is 16.5. The number of nitrogens with zero attached hydrogens (tertiary/aromatic N) is 3. The predicted octanol–water partition coefficient (Wildman–Crippen LogP) is 3.86. The Morgan fingerprint density at radius 2 is 2.12 bits per heavy atom. The zero-order valence-corrected chi connectivity index (χ0v) is 15.1. The van der Waals surface area contributed by atoms with Crippen molar-refractivity contribution in [2.75, 3.05) is 11.4 Å². The topological polar surface area (TPSA) is 61.9 Å². The summed E-state index contributed by atoms with van der Waals surface area (Å²) in [5.74, 6) is 1.11. The summed E-state index contributed by atoms with van der Waals surface area (Å²) >= 11 is 0. The molecule has 3 aromatic rings. The van der Waals surface area contributed by atoms with Crippen LogP contribution >= 0.6 is 0 Å². The van der Waals surface area contributed by atoms with Gasteiger partial charge < -0.3 is 9.88 Å². The summed E-state index contributed by atoms with van der Waals surface area (Å²) < 4.78 is 0. The largest absolute Gasteiger partial charge is 0.342 e. The molecule has 1 unspecified atom stereocenters. The molecule has 1 saturated heterocycles. The summed E-state index contributed by atoms with van der Waals surface area (Å²) in [7, 11) is 0. The number of aromatic nitrogens is 3. The molecule has 0 spiro atoms. The number of imidazole rings is 1. The Morgan fingerprint density at radius 1 is 1.23 bits per heavy atom. The van der Waals surface area contributed by atoms with E-state index in [1.165, 1.54) is 5.56 Å². The second kappa shape index (κ2) is 6.75. The van der Waals surface area contributed by atoms with Crippen LogP contribution in [0, 0.1) is 6.92 Å². The monoisotopic (exact) mass is 346 g/mol. The summed E-state index contributed by atoms with van der Waals surface area (Å²) in [6.07, 6.45) is 6.78. The highest BCUT2D eigenvalue weighted by molar-refractivity contribution is 5.97. The standard InChI is InChI=1S/C21H22N4O/c1-3-15-7-4-6-14(2)20(15)25-13-17(10-19(25)26)21-23-12-18(24-21)16-8-5-9-22-11-16/h4-9,11-12,17H,3,10,13H2,1-2H3,(H,23,24). The van der Waals surface area contributed by atoms with Crippen LogP contribution in [0.1, 0.15) is 36.2 Å². The number of aryl methyl sites for hydroxylation is 2. The van der Waals surface area contributed by atoms with Crippen LogP contribution < -0.4 is 4.90 Å². The number of hydrogen-bond acceptors (Lipinski definition) is 3. The zero-order valence-electron chi connectivity index (χ0n) is 15.1. The number of anilines is 1. The van der Waals surface area contributed by atoms with Gasteiger partial charge in [-0.3, -0.25) is 9.78 Å². The molecule has 0 bridgehead atoms. The molecule has 3 heterocycles. The number of hydrogen-bond donors (Lipinski definition) is 1. The number of aromatic amines is 1. The molecule has 1 atom stereocenters. The normalized spacial score (nSPS) is 17.1. The molecule has 1 N–H and O–H groups in total. The van der Waals surface area contributed by atoms with Crippen LogP contribution in [-0.4, -0.2) is 27.4 Å². The molecule has 5 heteroatoms. The Kier molecular flexibility index (Phi) is 4.29. The number of carbonyl (C=O) groups excluding carboxylic acids is 1. The highest BCUT2D eigenvalue weighted by Crippen LogP contribution is 2.35. The van der Waals surface area contributed by atoms with Crippen LogP contribution in [-0.2, 0) is 11.2 Å². The maximum atomic E-state index is 12.7. The number of pyridine rings is 1. The Bertz CT molecular complexity index is 932. The van der Waals surface area contributed by atoms with Gasteiger partial charge in [0.15, 0.2) is 0 Å². The van der Waals surface area contributed by atoms with Gasteiger partial charge in [0.25, 0.3) is 0 Å². The van der Waals surface area contributed by atoms with Gasteiger partial charge in [-0.25, -0.2) is 4.98 Å². The minimum absolute atomic E-state index is 0.0808. The number of para-hydroxylation sites is 1. The first-order valence-corrected chi connectivity index (χ1v) is 9.01. The van der Waals surface area contributed by atoms with Gasteiger partial charge in [-0.2, -0.15) is 0 Å². The summed E-state index contributed by atoms with van der Waals surface area (Å²) in [5, 5.41) is 0. The molecule has 0 saturated carbocycles. The highest BCUT2D eigenvalue weighted by atomic mass is 16.2. The smallest absolute Gasteiger partial charge is 0.227 e. The quantitative estimate of drug-likeness (QED) is 0.780. The predicted molar refractivity (Wildman–Crippen MR) is 102 cm³/mol. The van der Waals surface area contributed by atoms with Crippen molar-refractivity contribution in [3.63, 3.8) is 0 Å². The van der Waals surface area contributed by atoms with E-state index in [1.807, 2.05) is 29.4 Å². The van der Waals surface area contributed by atoms with Gasteiger partial charge in [0.05, 0.1) is 11.9 Å². The number of nitrogens with one attached hydrogen (secondary N) is 1. The lowest BCUT2D eigenvalue weighted by atomic mass is 10.0. The molecule has 1 fully saturated rings. The maximum absolute atomic E-state index is 12.7. The van der Waals surface area contributed by atoms with Crippen molar-refractivity contribution in [1.29, 1.82) is 0 Å². The van der Waals surface area contributed by atoms with Crippen molar-refractivity contribution in [2.24, 2.45) is 0 Å². The molecule has 5 nitrogen and oxygen atoms in total. The van der Waals surface area contributed by atoms with E-state index >= 15 is 0 Å². The van der Waals surface area contributed by atoms with Crippen molar-refractivity contribution < 1.29 is 4.79 Å².